The first-order chi connectivity index (χ1) is 9.12. The van der Waals surface area contributed by atoms with Gasteiger partial charge >= 0.3 is 0 Å². The quantitative estimate of drug-likeness (QED) is 0.663. The van der Waals surface area contributed by atoms with Crippen LogP contribution in [0.4, 0.5) is 21.7 Å². The van der Waals surface area contributed by atoms with Crippen LogP contribution in [-0.2, 0) is 0 Å². The molecule has 0 amide bonds. The molecule has 2 aromatic rings. The highest BCUT2D eigenvalue weighted by molar-refractivity contribution is 7.98. The van der Waals surface area contributed by atoms with Gasteiger partial charge in [0.25, 0.3) is 0 Å². The molecule has 0 bridgehead atoms. The molecule has 0 spiro atoms. The minimum atomic E-state index is -0.244. The summed E-state index contributed by atoms with van der Waals surface area (Å²) in [4.78, 5) is 8.65. The molecule has 0 saturated heterocycles. The fourth-order valence-electron chi connectivity index (χ4n) is 1.61. The molecule has 0 aliphatic rings. The molecule has 1 aromatic heterocycles. The summed E-state index contributed by atoms with van der Waals surface area (Å²) >= 11 is 1.47. The molecule has 0 radical (unpaired) electrons. The Kier molecular flexibility index (Phi) is 4.21. The molecule has 2 rings (SSSR count). The van der Waals surface area contributed by atoms with E-state index in [1.54, 1.807) is 13.1 Å². The van der Waals surface area contributed by atoms with E-state index in [1.165, 1.54) is 23.9 Å². The number of rotatable bonds is 4. The van der Waals surface area contributed by atoms with Crippen LogP contribution in [0.3, 0.4) is 0 Å². The Hall–Kier alpha value is -1.82. The van der Waals surface area contributed by atoms with Crippen LogP contribution in [0, 0.1) is 12.7 Å². The van der Waals surface area contributed by atoms with E-state index in [9.17, 15) is 4.39 Å². The Balaban J connectivity index is 2.31. The lowest BCUT2D eigenvalue weighted by molar-refractivity contribution is 0.627. The predicted octanol–water partition coefficient (Wildman–Crippen LogP) is 3.43. The summed E-state index contributed by atoms with van der Waals surface area (Å²) in [6.07, 6.45) is 1.92. The summed E-state index contributed by atoms with van der Waals surface area (Å²) < 4.78 is 13.1. The van der Waals surface area contributed by atoms with Crippen LogP contribution < -0.4 is 10.6 Å². The SMILES string of the molecule is CNc1cc(Nc2ccc(F)cc2C)nc(SC)n1. The van der Waals surface area contributed by atoms with Crippen molar-refractivity contribution in [3.8, 4) is 0 Å². The van der Waals surface area contributed by atoms with Crippen molar-refractivity contribution in [2.24, 2.45) is 0 Å². The van der Waals surface area contributed by atoms with Gasteiger partial charge in [0.15, 0.2) is 5.16 Å². The molecule has 6 heteroatoms. The van der Waals surface area contributed by atoms with Crippen LogP contribution in [0.15, 0.2) is 29.4 Å². The Morgan fingerprint density at radius 3 is 2.53 bits per heavy atom. The second-order valence-corrected chi connectivity index (χ2v) is 4.73. The fraction of sp³-hybridized carbons (Fsp3) is 0.231. The lowest BCUT2D eigenvalue weighted by Gasteiger charge is -2.11. The number of thioether (sulfide) groups is 1. The second kappa shape index (κ2) is 5.88. The minimum Gasteiger partial charge on any atom is -0.373 e. The largest absolute Gasteiger partial charge is 0.373 e. The topological polar surface area (TPSA) is 49.8 Å². The van der Waals surface area contributed by atoms with Gasteiger partial charge in [-0.25, -0.2) is 14.4 Å². The standard InChI is InChI=1S/C13H15FN4S/c1-8-6-9(14)4-5-10(8)16-12-7-11(15-2)17-13(18-12)19-3/h4-7H,1-3H3,(H2,15,16,17,18). The van der Waals surface area contributed by atoms with Gasteiger partial charge in [0.2, 0.25) is 0 Å². The number of aromatic nitrogens is 2. The average molecular weight is 278 g/mol. The number of aryl methyl sites for hydroxylation is 1. The van der Waals surface area contributed by atoms with Crippen LogP contribution in [0.25, 0.3) is 0 Å². The zero-order chi connectivity index (χ0) is 13.8. The van der Waals surface area contributed by atoms with E-state index in [0.717, 1.165) is 17.1 Å². The lowest BCUT2D eigenvalue weighted by atomic mass is 10.2. The van der Waals surface area contributed by atoms with Crippen molar-refractivity contribution in [1.29, 1.82) is 0 Å². The third-order valence-corrected chi connectivity index (χ3v) is 3.14. The molecule has 100 valence electrons. The number of hydrogen-bond donors (Lipinski definition) is 2. The van der Waals surface area contributed by atoms with Gasteiger partial charge in [0.05, 0.1) is 0 Å². The summed E-state index contributed by atoms with van der Waals surface area (Å²) in [6, 6.07) is 6.41. The maximum Gasteiger partial charge on any atom is 0.191 e. The molecular weight excluding hydrogens is 263 g/mol. The number of benzene rings is 1. The Labute approximate surface area is 115 Å². The summed E-state index contributed by atoms with van der Waals surface area (Å²) in [5.41, 5.74) is 1.66. The van der Waals surface area contributed by atoms with Crippen LogP contribution in [-0.4, -0.2) is 23.3 Å². The first-order valence-electron chi connectivity index (χ1n) is 5.76. The van der Waals surface area contributed by atoms with Crippen molar-refractivity contribution in [3.63, 3.8) is 0 Å². The molecular formula is C13H15FN4S. The third kappa shape index (κ3) is 3.35. The minimum absolute atomic E-state index is 0.244. The molecule has 0 fully saturated rings. The number of halogens is 1. The van der Waals surface area contributed by atoms with Gasteiger partial charge in [-0.2, -0.15) is 0 Å². The Bertz CT molecular complexity index is 567. The third-order valence-electron chi connectivity index (χ3n) is 2.60. The predicted molar refractivity (Wildman–Crippen MR) is 77.8 cm³/mol. The zero-order valence-electron chi connectivity index (χ0n) is 11.0. The van der Waals surface area contributed by atoms with Crippen molar-refractivity contribution in [2.75, 3.05) is 23.9 Å². The van der Waals surface area contributed by atoms with Crippen molar-refractivity contribution < 1.29 is 4.39 Å². The lowest BCUT2D eigenvalue weighted by Crippen LogP contribution is -2.01. The highest BCUT2D eigenvalue weighted by atomic mass is 32.2. The van der Waals surface area contributed by atoms with E-state index in [4.69, 9.17) is 0 Å². The highest BCUT2D eigenvalue weighted by Crippen LogP contribution is 2.23. The van der Waals surface area contributed by atoms with Gasteiger partial charge in [-0.05, 0) is 36.9 Å². The smallest absolute Gasteiger partial charge is 0.191 e. The Morgan fingerprint density at radius 2 is 1.89 bits per heavy atom. The van der Waals surface area contributed by atoms with Crippen LogP contribution >= 0.6 is 11.8 Å². The first-order valence-corrected chi connectivity index (χ1v) is 6.99. The number of anilines is 3. The second-order valence-electron chi connectivity index (χ2n) is 3.96. The maximum absolute atomic E-state index is 13.1. The molecule has 0 unspecified atom stereocenters. The van der Waals surface area contributed by atoms with E-state index in [1.807, 2.05) is 19.2 Å². The van der Waals surface area contributed by atoms with E-state index in [0.29, 0.717) is 11.0 Å². The molecule has 0 saturated carbocycles. The molecule has 1 heterocycles. The molecule has 4 nitrogen and oxygen atoms in total. The zero-order valence-corrected chi connectivity index (χ0v) is 11.8. The molecule has 19 heavy (non-hydrogen) atoms. The van der Waals surface area contributed by atoms with Crippen molar-refractivity contribution in [2.45, 2.75) is 12.1 Å². The normalized spacial score (nSPS) is 10.3. The summed E-state index contributed by atoms with van der Waals surface area (Å²) in [5.74, 6) is 1.17. The van der Waals surface area contributed by atoms with E-state index >= 15 is 0 Å². The maximum atomic E-state index is 13.1. The molecule has 1 aromatic carbocycles. The molecule has 0 aliphatic carbocycles. The van der Waals surface area contributed by atoms with Crippen LogP contribution in [0.5, 0.6) is 0 Å². The Morgan fingerprint density at radius 1 is 1.16 bits per heavy atom. The highest BCUT2D eigenvalue weighted by Gasteiger charge is 2.05. The average Bonchev–Trinajstić information content (AvgIpc) is 2.41. The molecule has 2 N–H and O–H groups in total. The van der Waals surface area contributed by atoms with E-state index in [-0.39, 0.29) is 5.82 Å². The number of nitrogens with one attached hydrogen (secondary N) is 2. The fourth-order valence-corrected chi connectivity index (χ4v) is 1.99. The van der Waals surface area contributed by atoms with E-state index in [2.05, 4.69) is 20.6 Å². The summed E-state index contributed by atoms with van der Waals surface area (Å²) in [5, 5.41) is 6.84. The van der Waals surface area contributed by atoms with Crippen LogP contribution in [0.1, 0.15) is 5.56 Å². The molecule has 0 aliphatic heterocycles. The summed E-state index contributed by atoms with van der Waals surface area (Å²) in [6.45, 7) is 1.85. The van der Waals surface area contributed by atoms with Gasteiger partial charge in [-0.15, -0.1) is 0 Å². The van der Waals surface area contributed by atoms with Crippen molar-refractivity contribution >= 4 is 29.1 Å². The number of nitrogens with zero attached hydrogens (tertiary/aromatic N) is 2. The molecule has 0 atom stereocenters. The van der Waals surface area contributed by atoms with Gasteiger partial charge in [0.1, 0.15) is 17.5 Å². The van der Waals surface area contributed by atoms with Gasteiger partial charge < -0.3 is 10.6 Å². The monoisotopic (exact) mass is 278 g/mol. The summed E-state index contributed by atoms with van der Waals surface area (Å²) in [7, 11) is 1.80. The van der Waals surface area contributed by atoms with Gasteiger partial charge in [-0.1, -0.05) is 11.8 Å². The number of hydrogen-bond acceptors (Lipinski definition) is 5. The van der Waals surface area contributed by atoms with Crippen LogP contribution in [0.2, 0.25) is 0 Å². The van der Waals surface area contributed by atoms with Crippen molar-refractivity contribution in [1.82, 2.24) is 9.97 Å². The van der Waals surface area contributed by atoms with Crippen molar-refractivity contribution in [3.05, 3.63) is 35.6 Å². The first kappa shape index (κ1) is 13.6. The van der Waals surface area contributed by atoms with Gasteiger partial charge in [-0.3, -0.25) is 0 Å². The van der Waals surface area contributed by atoms with Gasteiger partial charge in [0, 0.05) is 18.8 Å². The van der Waals surface area contributed by atoms with E-state index < -0.39 is 0 Å².